The van der Waals surface area contributed by atoms with E-state index in [0.717, 1.165) is 39.0 Å². The van der Waals surface area contributed by atoms with Crippen LogP contribution in [0.2, 0.25) is 0 Å². The number of ether oxygens (including phenoxy) is 3. The molecule has 1 heterocycles. The van der Waals surface area contributed by atoms with Crippen LogP contribution < -0.4 is 14.2 Å². The smallest absolute Gasteiger partial charge is 0.178 e. The van der Waals surface area contributed by atoms with Gasteiger partial charge >= 0.3 is 0 Å². The SMILES string of the molecule is COc1ccc(C2(c3ccc(OC)cc3)C=Cc3c(c(O)cc4ccccc34)O2)cc1. The molecule has 0 radical (unpaired) electrons. The molecule has 0 bridgehead atoms. The zero-order valence-electron chi connectivity index (χ0n) is 17.3. The first-order chi connectivity index (χ1) is 15.1. The van der Waals surface area contributed by atoms with E-state index in [1.165, 1.54) is 0 Å². The maximum Gasteiger partial charge on any atom is 0.178 e. The molecule has 1 aliphatic rings. The number of methoxy groups -OCH3 is 2. The Hall–Kier alpha value is -3.92. The van der Waals surface area contributed by atoms with Crippen molar-refractivity contribution < 1.29 is 19.3 Å². The summed E-state index contributed by atoms with van der Waals surface area (Å²) in [5, 5.41) is 12.8. The van der Waals surface area contributed by atoms with E-state index < -0.39 is 5.60 Å². The predicted molar refractivity (Wildman–Crippen MR) is 122 cm³/mol. The van der Waals surface area contributed by atoms with Gasteiger partial charge in [-0.1, -0.05) is 48.5 Å². The molecule has 0 saturated heterocycles. The van der Waals surface area contributed by atoms with Gasteiger partial charge in [0.05, 0.1) is 14.2 Å². The number of benzene rings is 4. The number of hydrogen-bond donors (Lipinski definition) is 1. The summed E-state index contributed by atoms with van der Waals surface area (Å²) in [7, 11) is 3.29. The lowest BCUT2D eigenvalue weighted by Crippen LogP contribution is -2.34. The Bertz CT molecular complexity index is 1220. The second-order valence-corrected chi connectivity index (χ2v) is 7.49. The normalized spacial score (nSPS) is 14.0. The third-order valence-corrected chi connectivity index (χ3v) is 5.81. The summed E-state index contributed by atoms with van der Waals surface area (Å²) in [5.41, 5.74) is 1.81. The van der Waals surface area contributed by atoms with Gasteiger partial charge in [0.15, 0.2) is 17.1 Å². The number of phenols is 1. The fraction of sp³-hybridized carbons (Fsp3) is 0.111. The van der Waals surface area contributed by atoms with Crippen LogP contribution in [0, 0.1) is 0 Å². The summed E-state index contributed by atoms with van der Waals surface area (Å²) in [6.45, 7) is 0. The van der Waals surface area contributed by atoms with E-state index in [-0.39, 0.29) is 5.75 Å². The molecule has 1 N–H and O–H groups in total. The predicted octanol–water partition coefficient (Wildman–Crippen LogP) is 5.91. The Kier molecular flexibility index (Phi) is 4.55. The quantitative estimate of drug-likeness (QED) is 0.454. The van der Waals surface area contributed by atoms with E-state index >= 15 is 0 Å². The summed E-state index contributed by atoms with van der Waals surface area (Å²) in [6.07, 6.45) is 4.08. The van der Waals surface area contributed by atoms with Gasteiger partial charge in [0.1, 0.15) is 11.5 Å². The highest BCUT2D eigenvalue weighted by Gasteiger charge is 2.38. The lowest BCUT2D eigenvalue weighted by Gasteiger charge is -2.36. The molecule has 1 aliphatic heterocycles. The lowest BCUT2D eigenvalue weighted by atomic mass is 9.83. The number of fused-ring (bicyclic) bond motifs is 3. The second kappa shape index (κ2) is 7.40. The van der Waals surface area contributed by atoms with E-state index in [4.69, 9.17) is 14.2 Å². The number of phenolic OH excluding ortho intramolecular Hbond substituents is 1. The molecule has 5 rings (SSSR count). The van der Waals surface area contributed by atoms with Crippen molar-refractivity contribution in [3.63, 3.8) is 0 Å². The molecule has 4 aromatic rings. The Labute approximate surface area is 180 Å². The molecule has 31 heavy (non-hydrogen) atoms. The first kappa shape index (κ1) is 19.1. The van der Waals surface area contributed by atoms with Crippen molar-refractivity contribution >= 4 is 16.8 Å². The highest BCUT2D eigenvalue weighted by atomic mass is 16.5. The van der Waals surface area contributed by atoms with Crippen molar-refractivity contribution in [1.29, 1.82) is 0 Å². The topological polar surface area (TPSA) is 47.9 Å². The minimum Gasteiger partial charge on any atom is -0.504 e. The average molecular weight is 410 g/mol. The second-order valence-electron chi connectivity index (χ2n) is 7.49. The van der Waals surface area contributed by atoms with Crippen molar-refractivity contribution in [2.75, 3.05) is 14.2 Å². The van der Waals surface area contributed by atoms with Crippen molar-refractivity contribution in [2.24, 2.45) is 0 Å². The number of hydrogen-bond acceptors (Lipinski definition) is 4. The average Bonchev–Trinajstić information content (AvgIpc) is 2.84. The van der Waals surface area contributed by atoms with E-state index in [0.29, 0.717) is 5.75 Å². The Balaban J connectivity index is 1.72. The number of aromatic hydroxyl groups is 1. The highest BCUT2D eigenvalue weighted by molar-refractivity contribution is 5.96. The molecule has 0 amide bonds. The van der Waals surface area contributed by atoms with Crippen LogP contribution in [0.15, 0.2) is 84.9 Å². The summed E-state index contributed by atoms with van der Waals surface area (Å²) in [6, 6.07) is 25.3. The standard InChI is InChI=1S/C27H22O4/c1-29-21-11-7-19(8-12-21)27(20-9-13-22(30-2)14-10-20)16-15-24-23-6-4-3-5-18(23)17-25(28)26(24)31-27/h3-17,28H,1-2H3. The summed E-state index contributed by atoms with van der Waals surface area (Å²) in [5.74, 6) is 2.11. The van der Waals surface area contributed by atoms with Crippen LogP contribution in [0.25, 0.3) is 16.8 Å². The molecule has 0 aromatic heterocycles. The maximum atomic E-state index is 10.8. The van der Waals surface area contributed by atoms with Crippen LogP contribution in [-0.4, -0.2) is 19.3 Å². The molecule has 4 nitrogen and oxygen atoms in total. The zero-order valence-corrected chi connectivity index (χ0v) is 17.3. The Morgan fingerprint density at radius 3 is 1.94 bits per heavy atom. The largest absolute Gasteiger partial charge is 0.504 e. The van der Waals surface area contributed by atoms with Crippen molar-refractivity contribution in [1.82, 2.24) is 0 Å². The highest BCUT2D eigenvalue weighted by Crippen LogP contribution is 2.48. The molecule has 4 heteroatoms. The monoisotopic (exact) mass is 410 g/mol. The fourth-order valence-electron chi connectivity index (χ4n) is 4.16. The molecule has 0 aliphatic carbocycles. The third-order valence-electron chi connectivity index (χ3n) is 5.81. The van der Waals surface area contributed by atoms with Crippen molar-refractivity contribution in [2.45, 2.75) is 5.60 Å². The van der Waals surface area contributed by atoms with Gasteiger partial charge in [0, 0.05) is 16.7 Å². The summed E-state index contributed by atoms with van der Waals surface area (Å²) in [4.78, 5) is 0. The third kappa shape index (κ3) is 3.08. The molecular weight excluding hydrogens is 388 g/mol. The van der Waals surface area contributed by atoms with Gasteiger partial charge in [-0.05, 0) is 53.3 Å². The van der Waals surface area contributed by atoms with Crippen LogP contribution in [0.3, 0.4) is 0 Å². The van der Waals surface area contributed by atoms with Crippen LogP contribution >= 0.6 is 0 Å². The zero-order chi connectivity index (χ0) is 21.4. The van der Waals surface area contributed by atoms with E-state index in [2.05, 4.69) is 0 Å². The van der Waals surface area contributed by atoms with Gasteiger partial charge in [-0.25, -0.2) is 0 Å². The molecule has 0 spiro atoms. The van der Waals surface area contributed by atoms with Gasteiger partial charge < -0.3 is 19.3 Å². The molecule has 0 fully saturated rings. The van der Waals surface area contributed by atoms with Crippen LogP contribution in [0.5, 0.6) is 23.0 Å². The summed E-state index contributed by atoms with van der Waals surface area (Å²) < 4.78 is 17.3. The molecular formula is C27H22O4. The van der Waals surface area contributed by atoms with E-state index in [1.54, 1.807) is 20.3 Å². The fourth-order valence-corrected chi connectivity index (χ4v) is 4.16. The Morgan fingerprint density at radius 2 is 1.35 bits per heavy atom. The first-order valence-electron chi connectivity index (χ1n) is 10.1. The molecule has 0 atom stereocenters. The van der Waals surface area contributed by atoms with Gasteiger partial charge in [-0.3, -0.25) is 0 Å². The minimum absolute atomic E-state index is 0.115. The first-order valence-corrected chi connectivity index (χ1v) is 10.1. The van der Waals surface area contributed by atoms with E-state index in [1.807, 2.05) is 84.9 Å². The Morgan fingerprint density at radius 1 is 0.774 bits per heavy atom. The minimum atomic E-state index is -0.911. The van der Waals surface area contributed by atoms with Crippen LogP contribution in [0.1, 0.15) is 16.7 Å². The van der Waals surface area contributed by atoms with Gasteiger partial charge in [-0.15, -0.1) is 0 Å². The molecule has 0 unspecified atom stereocenters. The molecule has 154 valence electrons. The molecule has 0 saturated carbocycles. The summed E-state index contributed by atoms with van der Waals surface area (Å²) >= 11 is 0. The van der Waals surface area contributed by atoms with Crippen molar-refractivity contribution in [3.8, 4) is 23.0 Å². The van der Waals surface area contributed by atoms with E-state index in [9.17, 15) is 5.11 Å². The lowest BCUT2D eigenvalue weighted by molar-refractivity contribution is 0.155. The van der Waals surface area contributed by atoms with Gasteiger partial charge in [-0.2, -0.15) is 0 Å². The molecule has 4 aromatic carbocycles. The number of rotatable bonds is 4. The van der Waals surface area contributed by atoms with Crippen LogP contribution in [-0.2, 0) is 5.60 Å². The van der Waals surface area contributed by atoms with Gasteiger partial charge in [0.2, 0.25) is 0 Å². The van der Waals surface area contributed by atoms with Crippen molar-refractivity contribution in [3.05, 3.63) is 102 Å². The van der Waals surface area contributed by atoms with Crippen LogP contribution in [0.4, 0.5) is 0 Å². The van der Waals surface area contributed by atoms with Gasteiger partial charge in [0.25, 0.3) is 0 Å². The maximum absolute atomic E-state index is 10.8.